The fraction of sp³-hybridized carbons (Fsp3) is 0.857. The van der Waals surface area contributed by atoms with E-state index >= 15 is 0 Å². The van der Waals surface area contributed by atoms with Crippen LogP contribution in [0.25, 0.3) is 0 Å². The van der Waals surface area contributed by atoms with E-state index in [1.54, 1.807) is 0 Å². The van der Waals surface area contributed by atoms with E-state index in [1.807, 2.05) is 0 Å². The highest BCUT2D eigenvalue weighted by atomic mass is 16.5. The molecule has 0 amide bonds. The van der Waals surface area contributed by atoms with Gasteiger partial charge in [-0.25, -0.2) is 5.43 Å². The molecule has 98 valence electrons. The third kappa shape index (κ3) is 3.02. The van der Waals surface area contributed by atoms with Crippen molar-refractivity contribution in [3.8, 4) is 0 Å². The summed E-state index contributed by atoms with van der Waals surface area (Å²) in [7, 11) is 0. The Kier molecular flexibility index (Phi) is 4.46. The molecule has 1 saturated carbocycles. The highest BCUT2D eigenvalue weighted by Gasteiger charge is 2.31. The molecule has 1 aliphatic carbocycles. The van der Waals surface area contributed by atoms with Gasteiger partial charge in [0.1, 0.15) is 5.76 Å². The summed E-state index contributed by atoms with van der Waals surface area (Å²) in [5.74, 6) is 9.17. The smallest absolute Gasteiger partial charge is 0.111 e. The molecule has 2 aliphatic rings. The molecule has 1 aliphatic heterocycles. The maximum absolute atomic E-state index is 5.71. The number of hydrazine groups is 1. The molecule has 3 nitrogen and oxygen atoms in total. The van der Waals surface area contributed by atoms with Gasteiger partial charge in [-0.15, -0.1) is 0 Å². The quantitative estimate of drug-likeness (QED) is 0.584. The minimum Gasteiger partial charge on any atom is -0.496 e. The molecule has 0 saturated heterocycles. The second-order valence-electron chi connectivity index (χ2n) is 5.81. The first-order valence-corrected chi connectivity index (χ1v) is 7.01. The summed E-state index contributed by atoms with van der Waals surface area (Å²) in [5.41, 5.74) is 2.96. The zero-order chi connectivity index (χ0) is 12.3. The lowest BCUT2D eigenvalue weighted by Gasteiger charge is -2.35. The molecule has 1 fully saturated rings. The first-order valence-electron chi connectivity index (χ1n) is 7.01. The first-order chi connectivity index (χ1) is 8.22. The normalized spacial score (nSPS) is 31.2. The number of nitrogens with one attached hydrogen (secondary N) is 1. The minimum atomic E-state index is 0.241. The van der Waals surface area contributed by atoms with Crippen molar-refractivity contribution < 1.29 is 4.74 Å². The Morgan fingerprint density at radius 2 is 1.88 bits per heavy atom. The summed E-state index contributed by atoms with van der Waals surface area (Å²) in [4.78, 5) is 0. The fourth-order valence-corrected chi connectivity index (χ4v) is 3.25. The van der Waals surface area contributed by atoms with Crippen molar-refractivity contribution in [2.45, 2.75) is 52.0 Å². The van der Waals surface area contributed by atoms with Crippen molar-refractivity contribution in [3.05, 3.63) is 11.8 Å². The lowest BCUT2D eigenvalue weighted by atomic mass is 9.74. The van der Waals surface area contributed by atoms with Gasteiger partial charge in [0.2, 0.25) is 0 Å². The van der Waals surface area contributed by atoms with E-state index in [0.717, 1.165) is 30.6 Å². The zero-order valence-corrected chi connectivity index (χ0v) is 11.1. The van der Waals surface area contributed by atoms with Crippen molar-refractivity contribution in [1.82, 2.24) is 5.43 Å². The van der Waals surface area contributed by atoms with Crippen molar-refractivity contribution in [3.63, 3.8) is 0 Å². The molecule has 3 heteroatoms. The molecule has 0 aromatic rings. The van der Waals surface area contributed by atoms with Crippen molar-refractivity contribution in [2.75, 3.05) is 6.61 Å². The van der Waals surface area contributed by atoms with E-state index in [9.17, 15) is 0 Å². The van der Waals surface area contributed by atoms with Crippen LogP contribution in [0.3, 0.4) is 0 Å². The Balaban J connectivity index is 1.90. The molecule has 0 aromatic heterocycles. The molecular weight excluding hydrogens is 212 g/mol. The lowest BCUT2D eigenvalue weighted by molar-refractivity contribution is 0.151. The number of hydrogen-bond acceptors (Lipinski definition) is 3. The average Bonchev–Trinajstić information content (AvgIpc) is 2.84. The molecule has 1 heterocycles. The van der Waals surface area contributed by atoms with Gasteiger partial charge >= 0.3 is 0 Å². The molecule has 1 unspecified atom stereocenters. The average molecular weight is 238 g/mol. The Bertz CT molecular complexity index is 267. The predicted octanol–water partition coefficient (Wildman–Crippen LogP) is 2.58. The van der Waals surface area contributed by atoms with Gasteiger partial charge in [-0.2, -0.15) is 0 Å². The lowest BCUT2D eigenvalue weighted by Crippen LogP contribution is -2.44. The van der Waals surface area contributed by atoms with Crippen molar-refractivity contribution >= 4 is 0 Å². The van der Waals surface area contributed by atoms with Crippen LogP contribution in [0.5, 0.6) is 0 Å². The fourth-order valence-electron chi connectivity index (χ4n) is 3.25. The third-order valence-corrected chi connectivity index (χ3v) is 4.45. The summed E-state index contributed by atoms with van der Waals surface area (Å²) in [6.07, 6.45) is 8.46. The van der Waals surface area contributed by atoms with E-state index in [-0.39, 0.29) is 6.04 Å². The first kappa shape index (κ1) is 12.9. The molecule has 17 heavy (non-hydrogen) atoms. The standard InChI is InChI=1S/C14H26N2O/c1-10(2)11-5-7-12(8-6-11)14(16-15)13-4-3-9-17-13/h4,10-12,14,16H,3,5-9,15H2,1-2H3. The van der Waals surface area contributed by atoms with E-state index in [4.69, 9.17) is 10.6 Å². The maximum Gasteiger partial charge on any atom is 0.111 e. The van der Waals surface area contributed by atoms with Crippen LogP contribution in [0.2, 0.25) is 0 Å². The number of rotatable bonds is 4. The summed E-state index contributed by atoms with van der Waals surface area (Å²) in [5, 5.41) is 0. The zero-order valence-electron chi connectivity index (χ0n) is 11.1. The van der Waals surface area contributed by atoms with Crippen LogP contribution in [0, 0.1) is 17.8 Å². The topological polar surface area (TPSA) is 47.3 Å². The van der Waals surface area contributed by atoms with Crippen LogP contribution in [-0.4, -0.2) is 12.6 Å². The van der Waals surface area contributed by atoms with Crippen LogP contribution in [-0.2, 0) is 4.74 Å². The molecule has 0 bridgehead atoms. The van der Waals surface area contributed by atoms with Gasteiger partial charge in [-0.05, 0) is 49.5 Å². The second kappa shape index (κ2) is 5.87. The van der Waals surface area contributed by atoms with Gasteiger partial charge in [-0.3, -0.25) is 5.84 Å². The van der Waals surface area contributed by atoms with Gasteiger partial charge in [0.15, 0.2) is 0 Å². The molecule has 3 N–H and O–H groups in total. The van der Waals surface area contributed by atoms with Crippen LogP contribution in [0.4, 0.5) is 0 Å². The van der Waals surface area contributed by atoms with Gasteiger partial charge in [0, 0.05) is 6.42 Å². The minimum absolute atomic E-state index is 0.241. The molecule has 0 spiro atoms. The Labute approximate surface area is 105 Å². The van der Waals surface area contributed by atoms with Crippen LogP contribution in [0.15, 0.2) is 11.8 Å². The van der Waals surface area contributed by atoms with Crippen LogP contribution >= 0.6 is 0 Å². The van der Waals surface area contributed by atoms with Crippen molar-refractivity contribution in [2.24, 2.45) is 23.6 Å². The van der Waals surface area contributed by atoms with Crippen LogP contribution < -0.4 is 11.3 Å². The van der Waals surface area contributed by atoms with Gasteiger partial charge in [-0.1, -0.05) is 13.8 Å². The monoisotopic (exact) mass is 238 g/mol. The van der Waals surface area contributed by atoms with E-state index < -0.39 is 0 Å². The van der Waals surface area contributed by atoms with E-state index in [1.165, 1.54) is 25.7 Å². The Hall–Kier alpha value is -0.540. The predicted molar refractivity (Wildman–Crippen MR) is 70.0 cm³/mol. The van der Waals surface area contributed by atoms with Gasteiger partial charge < -0.3 is 4.74 Å². The maximum atomic E-state index is 5.71. The van der Waals surface area contributed by atoms with Crippen molar-refractivity contribution in [1.29, 1.82) is 0 Å². The second-order valence-corrected chi connectivity index (χ2v) is 5.81. The summed E-state index contributed by atoms with van der Waals surface area (Å²) >= 11 is 0. The highest BCUT2D eigenvalue weighted by molar-refractivity contribution is 5.09. The molecule has 0 aromatic carbocycles. The highest BCUT2D eigenvalue weighted by Crippen LogP contribution is 2.36. The number of hydrogen-bond donors (Lipinski definition) is 2. The summed E-state index contributed by atoms with van der Waals surface area (Å²) in [6.45, 7) is 5.51. The van der Waals surface area contributed by atoms with Crippen LogP contribution in [0.1, 0.15) is 46.0 Å². The SMILES string of the molecule is CC(C)C1CCC(C(NN)C2=CCCO2)CC1. The largest absolute Gasteiger partial charge is 0.496 e. The summed E-state index contributed by atoms with van der Waals surface area (Å²) in [6, 6.07) is 0.241. The van der Waals surface area contributed by atoms with Gasteiger partial charge in [0.25, 0.3) is 0 Å². The Morgan fingerprint density at radius 3 is 2.35 bits per heavy atom. The van der Waals surface area contributed by atoms with E-state index in [2.05, 4.69) is 25.3 Å². The number of nitrogens with two attached hydrogens (primary N) is 1. The van der Waals surface area contributed by atoms with Gasteiger partial charge in [0.05, 0.1) is 12.6 Å². The van der Waals surface area contributed by atoms with E-state index in [0.29, 0.717) is 5.92 Å². The molecular formula is C14H26N2O. The summed E-state index contributed by atoms with van der Waals surface area (Å²) < 4.78 is 5.65. The Morgan fingerprint density at radius 1 is 1.24 bits per heavy atom. The number of ether oxygens (including phenoxy) is 1. The molecule has 1 atom stereocenters. The third-order valence-electron chi connectivity index (χ3n) is 4.45. The molecule has 2 rings (SSSR count). The molecule has 0 radical (unpaired) electrons.